The highest BCUT2D eigenvalue weighted by molar-refractivity contribution is 5.31. The maximum Gasteiger partial charge on any atom is 0.112 e. The molecule has 1 aromatic rings. The molecule has 0 radical (unpaired) electrons. The van der Waals surface area contributed by atoms with Crippen LogP contribution in [0.5, 0.6) is 0 Å². The van der Waals surface area contributed by atoms with Crippen molar-refractivity contribution in [2.75, 3.05) is 0 Å². The molecule has 0 fully saturated rings. The Morgan fingerprint density at radius 1 is 0.909 bits per heavy atom. The second-order valence-corrected chi connectivity index (χ2v) is 8.81. The van der Waals surface area contributed by atoms with E-state index in [4.69, 9.17) is 4.98 Å². The van der Waals surface area contributed by atoms with Crippen LogP contribution in [0.4, 0.5) is 0 Å². The third-order valence-electron chi connectivity index (χ3n) is 5.37. The van der Waals surface area contributed by atoms with Crippen molar-refractivity contribution in [1.82, 2.24) is 9.97 Å². The average Bonchev–Trinajstić information content (AvgIpc) is 2.91. The van der Waals surface area contributed by atoms with E-state index in [-0.39, 0.29) is 16.2 Å². The van der Waals surface area contributed by atoms with Crippen LogP contribution < -0.4 is 0 Å². The molecule has 1 rings (SSSR count). The van der Waals surface area contributed by atoms with Gasteiger partial charge in [0.25, 0.3) is 0 Å². The summed E-state index contributed by atoms with van der Waals surface area (Å²) >= 11 is 0. The van der Waals surface area contributed by atoms with E-state index in [1.54, 1.807) is 0 Å². The van der Waals surface area contributed by atoms with Crippen molar-refractivity contribution in [1.29, 1.82) is 0 Å². The molecule has 0 unspecified atom stereocenters. The fourth-order valence-corrected chi connectivity index (χ4v) is 3.01. The standard InChI is InChI=1S/C20H38N2/c1-10-13-14-19(7,8)17-21-15(18(4,5)6)16(22-17)20(9,11-2)12-3/h10-14H2,1-9H3,(H,21,22). The van der Waals surface area contributed by atoms with Crippen molar-refractivity contribution in [2.24, 2.45) is 0 Å². The number of imidazole rings is 1. The number of rotatable bonds is 7. The Hall–Kier alpha value is -0.790. The molecule has 2 heteroatoms. The molecule has 2 nitrogen and oxygen atoms in total. The Kier molecular flexibility index (Phi) is 5.92. The van der Waals surface area contributed by atoms with E-state index in [0.717, 1.165) is 12.8 Å². The molecule has 0 saturated heterocycles. The minimum atomic E-state index is 0.0799. The Morgan fingerprint density at radius 3 is 1.86 bits per heavy atom. The highest BCUT2D eigenvalue weighted by Crippen LogP contribution is 2.39. The molecule has 1 aromatic heterocycles. The lowest BCUT2D eigenvalue weighted by Crippen LogP contribution is -2.26. The number of H-pyrrole nitrogens is 1. The van der Waals surface area contributed by atoms with Crippen LogP contribution in [0.2, 0.25) is 0 Å². The smallest absolute Gasteiger partial charge is 0.112 e. The molecule has 128 valence electrons. The van der Waals surface area contributed by atoms with E-state index < -0.39 is 0 Å². The van der Waals surface area contributed by atoms with Gasteiger partial charge in [-0.15, -0.1) is 0 Å². The molecule has 22 heavy (non-hydrogen) atoms. The fraction of sp³-hybridized carbons (Fsp3) is 0.850. The zero-order valence-electron chi connectivity index (χ0n) is 16.5. The molecular weight excluding hydrogens is 268 g/mol. The van der Waals surface area contributed by atoms with Gasteiger partial charge in [-0.3, -0.25) is 0 Å². The van der Waals surface area contributed by atoms with Gasteiger partial charge in [0, 0.05) is 21.9 Å². The van der Waals surface area contributed by atoms with Crippen LogP contribution in [-0.2, 0) is 16.2 Å². The first-order chi connectivity index (χ1) is 10.0. The third kappa shape index (κ3) is 3.94. The highest BCUT2D eigenvalue weighted by atomic mass is 15.0. The lowest BCUT2D eigenvalue weighted by molar-refractivity contribution is 0.407. The van der Waals surface area contributed by atoms with Gasteiger partial charge in [0.1, 0.15) is 5.82 Å². The van der Waals surface area contributed by atoms with E-state index >= 15 is 0 Å². The molecular formula is C20H38N2. The van der Waals surface area contributed by atoms with E-state index in [1.807, 2.05) is 0 Å². The van der Waals surface area contributed by atoms with Crippen LogP contribution in [0.15, 0.2) is 0 Å². The molecule has 0 aliphatic rings. The van der Waals surface area contributed by atoms with Crippen molar-refractivity contribution in [3.63, 3.8) is 0 Å². The van der Waals surface area contributed by atoms with E-state index in [9.17, 15) is 0 Å². The molecule has 0 amide bonds. The van der Waals surface area contributed by atoms with E-state index in [1.165, 1.54) is 36.5 Å². The topological polar surface area (TPSA) is 28.7 Å². The van der Waals surface area contributed by atoms with Gasteiger partial charge < -0.3 is 4.98 Å². The first-order valence-electron chi connectivity index (χ1n) is 9.13. The molecule has 0 aliphatic heterocycles. The number of aromatic amines is 1. The van der Waals surface area contributed by atoms with Crippen LogP contribution in [0.3, 0.4) is 0 Å². The van der Waals surface area contributed by atoms with Gasteiger partial charge in [-0.2, -0.15) is 0 Å². The molecule has 1 N–H and O–H groups in total. The van der Waals surface area contributed by atoms with Gasteiger partial charge in [-0.25, -0.2) is 4.98 Å². The Morgan fingerprint density at radius 2 is 1.45 bits per heavy atom. The van der Waals surface area contributed by atoms with Crippen LogP contribution in [0.25, 0.3) is 0 Å². The summed E-state index contributed by atoms with van der Waals surface area (Å²) in [7, 11) is 0. The average molecular weight is 307 g/mol. The summed E-state index contributed by atoms with van der Waals surface area (Å²) in [6, 6.07) is 0. The Labute approximate surface area is 138 Å². The maximum absolute atomic E-state index is 5.11. The third-order valence-corrected chi connectivity index (χ3v) is 5.37. The van der Waals surface area contributed by atoms with Gasteiger partial charge in [0.2, 0.25) is 0 Å². The fourth-order valence-electron chi connectivity index (χ4n) is 3.01. The molecule has 0 aliphatic carbocycles. The molecule has 0 spiro atoms. The highest BCUT2D eigenvalue weighted by Gasteiger charge is 2.35. The molecule has 1 heterocycles. The van der Waals surface area contributed by atoms with Crippen molar-refractivity contribution < 1.29 is 0 Å². The summed E-state index contributed by atoms with van der Waals surface area (Å²) in [5.74, 6) is 1.18. The van der Waals surface area contributed by atoms with Gasteiger partial charge in [-0.05, 0) is 19.3 Å². The lowest BCUT2D eigenvalue weighted by Gasteiger charge is -2.30. The van der Waals surface area contributed by atoms with Crippen LogP contribution >= 0.6 is 0 Å². The van der Waals surface area contributed by atoms with Crippen molar-refractivity contribution in [2.45, 2.75) is 111 Å². The monoisotopic (exact) mass is 306 g/mol. The SMILES string of the molecule is CCCCC(C)(C)c1nc(C(C)(C)C)c(C(C)(CC)CC)[nH]1. The second-order valence-electron chi connectivity index (χ2n) is 8.81. The number of hydrogen-bond acceptors (Lipinski definition) is 1. The van der Waals surface area contributed by atoms with Crippen molar-refractivity contribution in [3.05, 3.63) is 17.2 Å². The predicted molar refractivity (Wildman–Crippen MR) is 97.8 cm³/mol. The minimum absolute atomic E-state index is 0.0799. The van der Waals surface area contributed by atoms with E-state index in [2.05, 4.69) is 67.3 Å². The zero-order chi connectivity index (χ0) is 17.2. The number of hydrogen-bond donors (Lipinski definition) is 1. The number of nitrogens with zero attached hydrogens (tertiary/aromatic N) is 1. The first kappa shape index (κ1) is 19.3. The van der Waals surface area contributed by atoms with Crippen LogP contribution in [0.1, 0.15) is 112 Å². The van der Waals surface area contributed by atoms with Crippen molar-refractivity contribution in [3.8, 4) is 0 Å². The molecule has 0 atom stereocenters. The summed E-state index contributed by atoms with van der Waals surface area (Å²) in [5, 5.41) is 0. The van der Waals surface area contributed by atoms with Crippen LogP contribution in [-0.4, -0.2) is 9.97 Å². The summed E-state index contributed by atoms with van der Waals surface area (Å²) in [6.45, 7) is 20.7. The predicted octanol–water partition coefficient (Wildman–Crippen LogP) is 6.25. The summed E-state index contributed by atoms with van der Waals surface area (Å²) in [5.41, 5.74) is 3.02. The molecule has 0 saturated carbocycles. The molecule has 0 bridgehead atoms. The minimum Gasteiger partial charge on any atom is -0.345 e. The quantitative estimate of drug-likeness (QED) is 0.633. The Balaban J connectivity index is 3.39. The Bertz CT molecular complexity index is 470. The van der Waals surface area contributed by atoms with Gasteiger partial charge in [0.05, 0.1) is 5.69 Å². The zero-order valence-corrected chi connectivity index (χ0v) is 16.5. The van der Waals surface area contributed by atoms with Gasteiger partial charge >= 0.3 is 0 Å². The largest absolute Gasteiger partial charge is 0.345 e. The summed E-state index contributed by atoms with van der Waals surface area (Å²) < 4.78 is 0. The molecule has 0 aromatic carbocycles. The number of aromatic nitrogens is 2. The van der Waals surface area contributed by atoms with Gasteiger partial charge in [0.15, 0.2) is 0 Å². The summed E-state index contributed by atoms with van der Waals surface area (Å²) in [4.78, 5) is 8.88. The number of nitrogens with one attached hydrogen (secondary N) is 1. The van der Waals surface area contributed by atoms with Crippen molar-refractivity contribution >= 4 is 0 Å². The normalized spacial score (nSPS) is 13.7. The first-order valence-corrected chi connectivity index (χ1v) is 9.13. The maximum atomic E-state index is 5.11. The summed E-state index contributed by atoms with van der Waals surface area (Å²) in [6.07, 6.45) is 5.97. The second kappa shape index (κ2) is 6.76. The number of unbranched alkanes of at least 4 members (excludes halogenated alkanes) is 1. The van der Waals surface area contributed by atoms with Crippen LogP contribution in [0, 0.1) is 0 Å². The lowest BCUT2D eigenvalue weighted by atomic mass is 9.76. The van der Waals surface area contributed by atoms with Gasteiger partial charge in [-0.1, -0.05) is 75.2 Å². The van der Waals surface area contributed by atoms with E-state index in [0.29, 0.717) is 0 Å².